The Morgan fingerprint density at radius 1 is 1.29 bits per heavy atom. The molecule has 4 nitrogen and oxygen atoms in total. The van der Waals surface area contributed by atoms with E-state index < -0.39 is 0 Å². The van der Waals surface area contributed by atoms with Gasteiger partial charge in [0.2, 0.25) is 0 Å². The van der Waals surface area contributed by atoms with Crippen molar-refractivity contribution in [1.29, 1.82) is 0 Å². The molecular formula is C16H33IN4. The minimum absolute atomic E-state index is 0. The third-order valence-corrected chi connectivity index (χ3v) is 5.39. The predicted octanol–water partition coefficient (Wildman–Crippen LogP) is 2.69. The van der Waals surface area contributed by atoms with Crippen LogP contribution < -0.4 is 10.6 Å². The normalized spacial score (nSPS) is 25.1. The summed E-state index contributed by atoms with van der Waals surface area (Å²) < 4.78 is 0. The Morgan fingerprint density at radius 2 is 2.05 bits per heavy atom. The molecule has 0 bridgehead atoms. The van der Waals surface area contributed by atoms with Crippen LogP contribution in [0.3, 0.4) is 0 Å². The first-order chi connectivity index (χ1) is 9.71. The van der Waals surface area contributed by atoms with Crippen molar-refractivity contribution < 1.29 is 0 Å². The van der Waals surface area contributed by atoms with Gasteiger partial charge in [-0.15, -0.1) is 24.0 Å². The van der Waals surface area contributed by atoms with Crippen LogP contribution in [0.1, 0.15) is 46.0 Å². The Kier molecular flexibility index (Phi) is 8.31. The molecule has 2 N–H and O–H groups in total. The van der Waals surface area contributed by atoms with E-state index in [9.17, 15) is 0 Å². The maximum atomic E-state index is 4.36. The molecule has 1 saturated heterocycles. The van der Waals surface area contributed by atoms with E-state index in [4.69, 9.17) is 0 Å². The lowest BCUT2D eigenvalue weighted by Crippen LogP contribution is -2.47. The molecule has 1 heterocycles. The Labute approximate surface area is 147 Å². The van der Waals surface area contributed by atoms with Gasteiger partial charge in [0, 0.05) is 26.7 Å². The molecule has 1 aliphatic heterocycles. The zero-order valence-electron chi connectivity index (χ0n) is 14.0. The fourth-order valence-electron chi connectivity index (χ4n) is 3.43. The summed E-state index contributed by atoms with van der Waals surface area (Å²) in [6, 6.07) is 0. The van der Waals surface area contributed by atoms with E-state index in [0.717, 1.165) is 25.0 Å². The molecule has 2 fully saturated rings. The highest BCUT2D eigenvalue weighted by atomic mass is 127. The number of aliphatic imine (C=N–C) groups is 1. The number of nitrogens with one attached hydrogen (secondary N) is 2. The average molecular weight is 408 g/mol. The average Bonchev–Trinajstić information content (AvgIpc) is 2.89. The summed E-state index contributed by atoms with van der Waals surface area (Å²) >= 11 is 0. The molecule has 124 valence electrons. The van der Waals surface area contributed by atoms with Crippen LogP contribution in [-0.4, -0.2) is 50.6 Å². The van der Waals surface area contributed by atoms with Gasteiger partial charge in [-0.2, -0.15) is 0 Å². The van der Waals surface area contributed by atoms with Crippen molar-refractivity contribution in [3.05, 3.63) is 0 Å². The lowest BCUT2D eigenvalue weighted by atomic mass is 9.67. The topological polar surface area (TPSA) is 39.7 Å². The summed E-state index contributed by atoms with van der Waals surface area (Å²) in [5.41, 5.74) is 0.546. The first-order valence-electron chi connectivity index (χ1n) is 8.38. The van der Waals surface area contributed by atoms with Gasteiger partial charge < -0.3 is 15.5 Å². The van der Waals surface area contributed by atoms with Gasteiger partial charge in [-0.05, 0) is 50.1 Å². The quantitative estimate of drug-likeness (QED) is 0.403. The van der Waals surface area contributed by atoms with Crippen LogP contribution in [0, 0.1) is 11.3 Å². The van der Waals surface area contributed by atoms with Gasteiger partial charge in [0.25, 0.3) is 0 Å². The Morgan fingerprint density at radius 3 is 2.52 bits per heavy atom. The van der Waals surface area contributed by atoms with Gasteiger partial charge in [0.05, 0.1) is 0 Å². The van der Waals surface area contributed by atoms with E-state index in [0.29, 0.717) is 5.41 Å². The first kappa shape index (κ1) is 19.0. The third-order valence-electron chi connectivity index (χ3n) is 5.39. The Hall–Kier alpha value is -0.0400. The van der Waals surface area contributed by atoms with E-state index in [-0.39, 0.29) is 24.0 Å². The highest BCUT2D eigenvalue weighted by molar-refractivity contribution is 14.0. The van der Waals surface area contributed by atoms with E-state index in [1.54, 1.807) is 0 Å². The van der Waals surface area contributed by atoms with Crippen molar-refractivity contribution in [2.45, 2.75) is 46.0 Å². The largest absolute Gasteiger partial charge is 0.356 e. The molecule has 5 heteroatoms. The van der Waals surface area contributed by atoms with Gasteiger partial charge in [-0.3, -0.25) is 4.99 Å². The van der Waals surface area contributed by atoms with E-state index in [1.165, 1.54) is 51.7 Å². The molecule has 0 aromatic carbocycles. The van der Waals surface area contributed by atoms with Crippen LogP contribution in [0.25, 0.3) is 0 Å². The molecule has 1 unspecified atom stereocenters. The Balaban J connectivity index is 0.00000220. The molecule has 2 rings (SSSR count). The van der Waals surface area contributed by atoms with Crippen molar-refractivity contribution in [3.8, 4) is 0 Å². The zero-order valence-corrected chi connectivity index (χ0v) is 16.3. The second kappa shape index (κ2) is 9.18. The number of rotatable bonds is 6. The SMILES string of the molecule is CCN1CCC(CNC(=NC)NCC2(CC)CCC2)C1.I. The molecule has 0 amide bonds. The van der Waals surface area contributed by atoms with Crippen LogP contribution in [0.4, 0.5) is 0 Å². The van der Waals surface area contributed by atoms with Gasteiger partial charge in [-0.1, -0.05) is 20.3 Å². The maximum absolute atomic E-state index is 4.36. The molecular weight excluding hydrogens is 375 g/mol. The molecule has 0 aromatic rings. The fourth-order valence-corrected chi connectivity index (χ4v) is 3.43. The van der Waals surface area contributed by atoms with Crippen molar-refractivity contribution in [2.75, 3.05) is 39.8 Å². The van der Waals surface area contributed by atoms with Crippen molar-refractivity contribution in [2.24, 2.45) is 16.3 Å². The van der Waals surface area contributed by atoms with Crippen LogP contribution in [0.5, 0.6) is 0 Å². The van der Waals surface area contributed by atoms with Crippen molar-refractivity contribution in [1.82, 2.24) is 15.5 Å². The second-order valence-electron chi connectivity index (χ2n) is 6.56. The number of nitrogens with zero attached hydrogens (tertiary/aromatic N) is 2. The molecule has 21 heavy (non-hydrogen) atoms. The van der Waals surface area contributed by atoms with Gasteiger partial charge in [-0.25, -0.2) is 0 Å². The summed E-state index contributed by atoms with van der Waals surface area (Å²) in [5.74, 6) is 1.76. The number of halogens is 1. The number of hydrogen-bond acceptors (Lipinski definition) is 2. The molecule has 0 spiro atoms. The lowest BCUT2D eigenvalue weighted by Gasteiger charge is -2.41. The van der Waals surface area contributed by atoms with E-state index in [2.05, 4.69) is 34.4 Å². The monoisotopic (exact) mass is 408 g/mol. The zero-order chi connectivity index (χ0) is 14.4. The summed E-state index contributed by atoms with van der Waals surface area (Å²) in [6.07, 6.45) is 6.75. The van der Waals surface area contributed by atoms with Gasteiger partial charge >= 0.3 is 0 Å². The standard InChI is InChI=1S/C16H32N4.HI/c1-4-16(8-6-9-16)13-19-15(17-3)18-11-14-7-10-20(5-2)12-14;/h14H,4-13H2,1-3H3,(H2,17,18,19);1H. The lowest BCUT2D eigenvalue weighted by molar-refractivity contribution is 0.131. The van der Waals surface area contributed by atoms with E-state index in [1.807, 2.05) is 7.05 Å². The highest BCUT2D eigenvalue weighted by Crippen LogP contribution is 2.42. The minimum atomic E-state index is 0. The van der Waals surface area contributed by atoms with Crippen LogP contribution in [0.2, 0.25) is 0 Å². The molecule has 1 saturated carbocycles. The minimum Gasteiger partial charge on any atom is -0.356 e. The van der Waals surface area contributed by atoms with Crippen LogP contribution >= 0.6 is 24.0 Å². The van der Waals surface area contributed by atoms with Gasteiger partial charge in [0.15, 0.2) is 5.96 Å². The maximum Gasteiger partial charge on any atom is 0.191 e. The Bertz CT molecular complexity index is 323. The first-order valence-corrected chi connectivity index (χ1v) is 8.38. The van der Waals surface area contributed by atoms with Crippen molar-refractivity contribution >= 4 is 29.9 Å². The molecule has 1 atom stereocenters. The van der Waals surface area contributed by atoms with E-state index >= 15 is 0 Å². The number of likely N-dealkylation sites (tertiary alicyclic amines) is 1. The number of guanidine groups is 1. The predicted molar refractivity (Wildman–Crippen MR) is 102 cm³/mol. The highest BCUT2D eigenvalue weighted by Gasteiger charge is 2.34. The molecule has 1 aliphatic carbocycles. The summed E-state index contributed by atoms with van der Waals surface area (Å²) in [6.45, 7) is 10.4. The summed E-state index contributed by atoms with van der Waals surface area (Å²) in [4.78, 5) is 6.90. The fraction of sp³-hybridized carbons (Fsp3) is 0.938. The van der Waals surface area contributed by atoms with Crippen LogP contribution in [0.15, 0.2) is 4.99 Å². The third kappa shape index (κ3) is 5.27. The molecule has 0 aromatic heterocycles. The smallest absolute Gasteiger partial charge is 0.191 e. The van der Waals surface area contributed by atoms with Crippen molar-refractivity contribution in [3.63, 3.8) is 0 Å². The van der Waals surface area contributed by atoms with Gasteiger partial charge in [0.1, 0.15) is 0 Å². The summed E-state index contributed by atoms with van der Waals surface area (Å²) in [7, 11) is 1.88. The molecule has 0 radical (unpaired) electrons. The van der Waals surface area contributed by atoms with Crippen LogP contribution in [-0.2, 0) is 0 Å². The molecule has 2 aliphatic rings. The second-order valence-corrected chi connectivity index (χ2v) is 6.56. The number of hydrogen-bond donors (Lipinski definition) is 2. The summed E-state index contributed by atoms with van der Waals surface area (Å²) in [5, 5.41) is 7.05.